The molecule has 0 bridgehead atoms. The van der Waals surface area contributed by atoms with Gasteiger partial charge in [-0.3, -0.25) is 4.79 Å². The summed E-state index contributed by atoms with van der Waals surface area (Å²) in [7, 11) is 1.63. The van der Waals surface area contributed by atoms with Gasteiger partial charge in [-0.15, -0.1) is 0 Å². The number of anilines is 3. The SMILES string of the molecule is COc1ccc(Nc2ccc(NC(=O)COc3ccccc3)nc2)cc1. The van der Waals surface area contributed by atoms with Crippen molar-refractivity contribution in [3.05, 3.63) is 72.9 Å². The lowest BCUT2D eigenvalue weighted by Crippen LogP contribution is -2.20. The first-order valence-electron chi connectivity index (χ1n) is 8.08. The number of pyridine rings is 1. The van der Waals surface area contributed by atoms with E-state index < -0.39 is 0 Å². The number of nitrogens with one attached hydrogen (secondary N) is 2. The predicted molar refractivity (Wildman–Crippen MR) is 101 cm³/mol. The Hall–Kier alpha value is -3.54. The van der Waals surface area contributed by atoms with Gasteiger partial charge in [-0.05, 0) is 48.5 Å². The average molecular weight is 349 g/mol. The van der Waals surface area contributed by atoms with Gasteiger partial charge in [0.05, 0.1) is 19.0 Å². The highest BCUT2D eigenvalue weighted by Crippen LogP contribution is 2.20. The third-order valence-corrected chi connectivity index (χ3v) is 3.52. The number of carbonyl (C=O) groups is 1. The van der Waals surface area contributed by atoms with Crippen molar-refractivity contribution < 1.29 is 14.3 Å². The van der Waals surface area contributed by atoms with E-state index in [1.807, 2.05) is 48.5 Å². The zero-order valence-corrected chi connectivity index (χ0v) is 14.3. The number of hydrogen-bond acceptors (Lipinski definition) is 5. The van der Waals surface area contributed by atoms with Gasteiger partial charge in [0.15, 0.2) is 6.61 Å². The van der Waals surface area contributed by atoms with Crippen LogP contribution in [0, 0.1) is 0 Å². The van der Waals surface area contributed by atoms with Crippen molar-refractivity contribution in [2.45, 2.75) is 0 Å². The molecule has 132 valence electrons. The molecule has 1 amide bonds. The van der Waals surface area contributed by atoms with E-state index in [-0.39, 0.29) is 12.5 Å². The summed E-state index contributed by atoms with van der Waals surface area (Å²) in [6.45, 7) is -0.0719. The number of ether oxygens (including phenoxy) is 2. The van der Waals surface area contributed by atoms with Crippen molar-refractivity contribution in [3.8, 4) is 11.5 Å². The normalized spacial score (nSPS) is 10.0. The van der Waals surface area contributed by atoms with Gasteiger partial charge in [-0.1, -0.05) is 18.2 Å². The zero-order chi connectivity index (χ0) is 18.2. The van der Waals surface area contributed by atoms with E-state index in [1.54, 1.807) is 31.5 Å². The summed E-state index contributed by atoms with van der Waals surface area (Å²) in [5.41, 5.74) is 1.73. The number of para-hydroxylation sites is 1. The minimum absolute atomic E-state index is 0.0719. The smallest absolute Gasteiger partial charge is 0.263 e. The lowest BCUT2D eigenvalue weighted by atomic mass is 10.3. The fourth-order valence-corrected chi connectivity index (χ4v) is 2.23. The van der Waals surface area contributed by atoms with Crippen LogP contribution in [0.3, 0.4) is 0 Å². The number of amides is 1. The summed E-state index contributed by atoms with van der Waals surface area (Å²) in [5.74, 6) is 1.64. The van der Waals surface area contributed by atoms with Crippen LogP contribution in [0.5, 0.6) is 11.5 Å². The van der Waals surface area contributed by atoms with E-state index in [1.165, 1.54) is 0 Å². The molecule has 0 saturated heterocycles. The van der Waals surface area contributed by atoms with E-state index in [0.29, 0.717) is 11.6 Å². The number of nitrogens with zero attached hydrogens (tertiary/aromatic N) is 1. The molecule has 0 radical (unpaired) electrons. The topological polar surface area (TPSA) is 72.5 Å². The van der Waals surface area contributed by atoms with Gasteiger partial charge < -0.3 is 20.1 Å². The summed E-state index contributed by atoms with van der Waals surface area (Å²) in [6.07, 6.45) is 1.65. The van der Waals surface area contributed by atoms with Gasteiger partial charge in [-0.2, -0.15) is 0 Å². The van der Waals surface area contributed by atoms with Crippen LogP contribution in [0.15, 0.2) is 72.9 Å². The van der Waals surface area contributed by atoms with Gasteiger partial charge in [0.2, 0.25) is 0 Å². The van der Waals surface area contributed by atoms with Gasteiger partial charge in [0.1, 0.15) is 17.3 Å². The molecule has 2 aromatic carbocycles. The van der Waals surface area contributed by atoms with Gasteiger partial charge >= 0.3 is 0 Å². The first-order chi connectivity index (χ1) is 12.7. The highest BCUT2D eigenvalue weighted by Gasteiger charge is 2.05. The van der Waals surface area contributed by atoms with E-state index >= 15 is 0 Å². The van der Waals surface area contributed by atoms with Crippen LogP contribution >= 0.6 is 0 Å². The molecule has 0 unspecified atom stereocenters. The second-order valence-electron chi connectivity index (χ2n) is 5.44. The first-order valence-corrected chi connectivity index (χ1v) is 8.08. The van der Waals surface area contributed by atoms with Crippen LogP contribution in [0.4, 0.5) is 17.2 Å². The van der Waals surface area contributed by atoms with E-state index in [4.69, 9.17) is 9.47 Å². The van der Waals surface area contributed by atoms with Crippen LogP contribution in [-0.2, 0) is 4.79 Å². The van der Waals surface area contributed by atoms with Crippen molar-refractivity contribution >= 4 is 23.1 Å². The molecule has 6 heteroatoms. The second-order valence-corrected chi connectivity index (χ2v) is 5.44. The molecule has 0 aliphatic heterocycles. The molecule has 0 aliphatic carbocycles. The maximum atomic E-state index is 11.9. The predicted octanol–water partition coefficient (Wildman–Crippen LogP) is 3.85. The number of carbonyl (C=O) groups excluding carboxylic acids is 1. The number of aromatic nitrogens is 1. The Morgan fingerprint density at radius 3 is 2.31 bits per heavy atom. The Balaban J connectivity index is 1.51. The zero-order valence-electron chi connectivity index (χ0n) is 14.3. The Morgan fingerprint density at radius 1 is 0.923 bits per heavy atom. The van der Waals surface area contributed by atoms with E-state index in [2.05, 4.69) is 15.6 Å². The number of methoxy groups -OCH3 is 1. The lowest BCUT2D eigenvalue weighted by molar-refractivity contribution is -0.118. The summed E-state index contributed by atoms with van der Waals surface area (Å²) >= 11 is 0. The fourth-order valence-electron chi connectivity index (χ4n) is 2.23. The molecular weight excluding hydrogens is 330 g/mol. The van der Waals surface area contributed by atoms with Crippen LogP contribution in [0.2, 0.25) is 0 Å². The minimum Gasteiger partial charge on any atom is -0.497 e. The monoisotopic (exact) mass is 349 g/mol. The Kier molecular flexibility index (Phi) is 5.67. The first kappa shape index (κ1) is 17.3. The molecule has 0 spiro atoms. The molecule has 2 N–H and O–H groups in total. The maximum absolute atomic E-state index is 11.9. The van der Waals surface area contributed by atoms with Crippen molar-refractivity contribution in [2.75, 3.05) is 24.4 Å². The molecule has 3 aromatic rings. The lowest BCUT2D eigenvalue weighted by Gasteiger charge is -2.09. The van der Waals surface area contributed by atoms with E-state index in [0.717, 1.165) is 17.1 Å². The molecule has 0 saturated carbocycles. The van der Waals surface area contributed by atoms with Crippen molar-refractivity contribution in [3.63, 3.8) is 0 Å². The molecular formula is C20H19N3O3. The van der Waals surface area contributed by atoms with Crippen LogP contribution < -0.4 is 20.1 Å². The van der Waals surface area contributed by atoms with Crippen molar-refractivity contribution in [1.29, 1.82) is 0 Å². The molecule has 0 atom stereocenters. The Labute approximate surface area is 151 Å². The third kappa shape index (κ3) is 4.98. The Morgan fingerprint density at radius 2 is 1.65 bits per heavy atom. The summed E-state index contributed by atoms with van der Waals surface area (Å²) in [4.78, 5) is 16.1. The standard InChI is InChI=1S/C20H19N3O3/c1-25-17-10-7-15(8-11-17)22-16-9-12-19(21-13-16)23-20(24)14-26-18-5-3-2-4-6-18/h2-13,22H,14H2,1H3,(H,21,23,24). The highest BCUT2D eigenvalue weighted by molar-refractivity contribution is 5.91. The summed E-state index contributed by atoms with van der Waals surface area (Å²) < 4.78 is 10.5. The quantitative estimate of drug-likeness (QED) is 0.678. The molecule has 1 heterocycles. The number of rotatable bonds is 7. The van der Waals surface area contributed by atoms with Gasteiger partial charge in [0, 0.05) is 5.69 Å². The average Bonchev–Trinajstić information content (AvgIpc) is 2.69. The largest absolute Gasteiger partial charge is 0.497 e. The number of hydrogen-bond donors (Lipinski definition) is 2. The van der Waals surface area contributed by atoms with Crippen molar-refractivity contribution in [1.82, 2.24) is 4.98 Å². The highest BCUT2D eigenvalue weighted by atomic mass is 16.5. The molecule has 0 fully saturated rings. The Bertz CT molecular complexity index is 834. The molecule has 0 aliphatic rings. The van der Waals surface area contributed by atoms with Crippen LogP contribution in [0.1, 0.15) is 0 Å². The number of benzene rings is 2. The van der Waals surface area contributed by atoms with Gasteiger partial charge in [-0.25, -0.2) is 4.98 Å². The minimum atomic E-state index is -0.266. The molecule has 6 nitrogen and oxygen atoms in total. The van der Waals surface area contributed by atoms with Crippen molar-refractivity contribution in [2.24, 2.45) is 0 Å². The van der Waals surface area contributed by atoms with E-state index in [9.17, 15) is 4.79 Å². The third-order valence-electron chi connectivity index (χ3n) is 3.52. The molecule has 1 aromatic heterocycles. The summed E-state index contributed by atoms with van der Waals surface area (Å²) in [6, 6.07) is 20.3. The van der Waals surface area contributed by atoms with Crippen LogP contribution in [-0.4, -0.2) is 24.6 Å². The molecule has 3 rings (SSSR count). The summed E-state index contributed by atoms with van der Waals surface area (Å²) in [5, 5.41) is 5.93. The maximum Gasteiger partial charge on any atom is 0.263 e. The fraction of sp³-hybridized carbons (Fsp3) is 0.100. The van der Waals surface area contributed by atoms with Crippen LogP contribution in [0.25, 0.3) is 0 Å². The van der Waals surface area contributed by atoms with Gasteiger partial charge in [0.25, 0.3) is 5.91 Å². The second kappa shape index (κ2) is 8.53. The molecule has 26 heavy (non-hydrogen) atoms.